The number of hydrogen-bond donors (Lipinski definition) is 3. The number of nitrogens with zero attached hydrogens (tertiary/aromatic N) is 2. The summed E-state index contributed by atoms with van der Waals surface area (Å²) in [4.78, 5) is 33.4. The third kappa shape index (κ3) is 4.16. The lowest BCUT2D eigenvalue weighted by Gasteiger charge is -2.42. The van der Waals surface area contributed by atoms with Gasteiger partial charge in [-0.25, -0.2) is 4.99 Å². The van der Waals surface area contributed by atoms with Crippen LogP contribution in [0.5, 0.6) is 5.75 Å². The lowest BCUT2D eigenvalue weighted by molar-refractivity contribution is -0.131. The first kappa shape index (κ1) is 26.0. The van der Waals surface area contributed by atoms with Crippen molar-refractivity contribution in [3.05, 3.63) is 64.7 Å². The second-order valence-electron chi connectivity index (χ2n) is 12.5. The Hall–Kier alpha value is -3.23. The number of ether oxygens (including phenoxy) is 1. The summed E-state index contributed by atoms with van der Waals surface area (Å²) in [6.07, 6.45) is 1.03. The molecule has 4 aliphatic rings. The van der Waals surface area contributed by atoms with Crippen LogP contribution in [0.25, 0.3) is 0 Å². The van der Waals surface area contributed by atoms with Crippen molar-refractivity contribution in [3.8, 4) is 5.75 Å². The molecule has 2 unspecified atom stereocenters. The fraction of sp³-hybridized carbons (Fsp3) is 0.516. The molecule has 1 amide bonds. The number of carbonyl (C=O) groups excluding carboxylic acids is 2. The molecule has 8 heteroatoms. The van der Waals surface area contributed by atoms with E-state index in [1.165, 1.54) is 0 Å². The molecule has 0 saturated carbocycles. The summed E-state index contributed by atoms with van der Waals surface area (Å²) < 4.78 is 6.07. The van der Waals surface area contributed by atoms with E-state index in [-0.39, 0.29) is 41.6 Å². The van der Waals surface area contributed by atoms with Crippen molar-refractivity contribution in [2.24, 2.45) is 10.7 Å². The number of hydrogen-bond acceptors (Lipinski definition) is 7. The van der Waals surface area contributed by atoms with Crippen LogP contribution in [0.4, 0.5) is 0 Å². The number of nitrogens with two attached hydrogens (primary N) is 1. The highest BCUT2D eigenvalue weighted by Gasteiger charge is 2.56. The number of Topliss-reactive ketones (excluding diaryl/α,β-unsaturated/α-hetero) is 1. The van der Waals surface area contributed by atoms with Gasteiger partial charge in [0.15, 0.2) is 11.7 Å². The zero-order valence-corrected chi connectivity index (χ0v) is 23.3. The molecular weight excluding hydrogens is 492 g/mol. The predicted octanol–water partition coefficient (Wildman–Crippen LogP) is 3.79. The molecule has 1 saturated heterocycles. The van der Waals surface area contributed by atoms with Gasteiger partial charge in [0.2, 0.25) is 5.91 Å². The first-order valence-electron chi connectivity index (χ1n) is 14.0. The SMILES string of the molecule is CC[C@]1(C)CC(=O)N([C@H]2C[C@H](C)c3ccc(C(=O)C4NC4[C@@H]4c5ccccc5OC(C)(C)[C@H]4O)cc32)C(N)=N1. The van der Waals surface area contributed by atoms with E-state index in [2.05, 4.69) is 12.2 Å². The fourth-order valence-electron chi connectivity index (χ4n) is 6.81. The van der Waals surface area contributed by atoms with Crippen molar-refractivity contribution < 1.29 is 19.4 Å². The number of aliphatic hydroxyl groups is 1. The summed E-state index contributed by atoms with van der Waals surface area (Å²) in [5.74, 6) is 0.938. The van der Waals surface area contributed by atoms with E-state index in [4.69, 9.17) is 15.5 Å². The van der Waals surface area contributed by atoms with Crippen molar-refractivity contribution >= 4 is 17.6 Å². The highest BCUT2D eigenvalue weighted by molar-refractivity contribution is 6.03. The fourth-order valence-corrected chi connectivity index (χ4v) is 6.81. The van der Waals surface area contributed by atoms with Gasteiger partial charge in [-0.05, 0) is 62.8 Å². The number of rotatable bonds is 5. The van der Waals surface area contributed by atoms with E-state index in [1.807, 2.05) is 70.2 Å². The van der Waals surface area contributed by atoms with Crippen LogP contribution in [-0.2, 0) is 4.79 Å². The molecule has 3 aliphatic heterocycles. The quantitative estimate of drug-likeness (QED) is 0.399. The maximum atomic E-state index is 13.8. The summed E-state index contributed by atoms with van der Waals surface area (Å²) in [5.41, 5.74) is 8.74. The van der Waals surface area contributed by atoms with E-state index in [9.17, 15) is 14.7 Å². The molecule has 7 atom stereocenters. The van der Waals surface area contributed by atoms with Gasteiger partial charge in [0.1, 0.15) is 17.5 Å². The Morgan fingerprint density at radius 1 is 1.18 bits per heavy atom. The largest absolute Gasteiger partial charge is 0.485 e. The molecule has 0 spiro atoms. The van der Waals surface area contributed by atoms with Crippen LogP contribution in [0, 0.1) is 0 Å². The molecule has 2 aromatic rings. The monoisotopic (exact) mass is 530 g/mol. The lowest BCUT2D eigenvalue weighted by atomic mass is 9.78. The van der Waals surface area contributed by atoms with Crippen molar-refractivity contribution in [2.75, 3.05) is 0 Å². The van der Waals surface area contributed by atoms with Crippen LogP contribution < -0.4 is 15.8 Å². The Morgan fingerprint density at radius 3 is 2.64 bits per heavy atom. The first-order chi connectivity index (χ1) is 18.4. The number of aliphatic imine (C=N–C) groups is 1. The Kier molecular flexibility index (Phi) is 5.93. The first-order valence-corrected chi connectivity index (χ1v) is 14.0. The van der Waals surface area contributed by atoms with Crippen LogP contribution in [-0.4, -0.2) is 57.0 Å². The number of fused-ring (bicyclic) bond motifs is 2. The normalized spacial score (nSPS) is 34.6. The Balaban J connectivity index is 1.28. The van der Waals surface area contributed by atoms with Crippen LogP contribution in [0.15, 0.2) is 47.5 Å². The lowest BCUT2D eigenvalue weighted by Crippen LogP contribution is -2.51. The highest BCUT2D eigenvalue weighted by Crippen LogP contribution is 2.48. The molecule has 8 nitrogen and oxygen atoms in total. The summed E-state index contributed by atoms with van der Waals surface area (Å²) in [7, 11) is 0. The Morgan fingerprint density at radius 2 is 1.92 bits per heavy atom. The zero-order chi connectivity index (χ0) is 27.9. The third-order valence-electron chi connectivity index (χ3n) is 9.34. The molecule has 0 bridgehead atoms. The van der Waals surface area contributed by atoms with Crippen molar-refractivity contribution in [1.29, 1.82) is 0 Å². The summed E-state index contributed by atoms with van der Waals surface area (Å²) >= 11 is 0. The van der Waals surface area contributed by atoms with Gasteiger partial charge in [-0.3, -0.25) is 14.5 Å². The van der Waals surface area contributed by atoms with Gasteiger partial charge in [-0.15, -0.1) is 0 Å². The standard InChI is InChI=1S/C31H38N4O4/c1-6-31(5)15-23(36)35(29(32)34-31)21-13-16(2)18-12-11-17(14-20(18)21)27(37)26-25(33-26)24-19-9-7-8-10-22(19)39-30(3,4)28(24)38/h7-12,14,16,21,24-26,28,33,38H,6,13,15H2,1-5H3,(H2,32,34)/t16-,21-,24-,25?,26?,28-,31+/m0/s1. The zero-order valence-electron chi connectivity index (χ0n) is 23.3. The molecule has 6 rings (SSSR count). The molecule has 2 aromatic carbocycles. The van der Waals surface area contributed by atoms with Gasteiger partial charge in [-0.2, -0.15) is 0 Å². The van der Waals surface area contributed by atoms with E-state index >= 15 is 0 Å². The van der Waals surface area contributed by atoms with Crippen molar-refractivity contribution in [2.45, 2.75) is 101 Å². The highest BCUT2D eigenvalue weighted by atomic mass is 16.5. The predicted molar refractivity (Wildman–Crippen MR) is 149 cm³/mol. The molecule has 1 fully saturated rings. The number of benzene rings is 2. The minimum Gasteiger partial charge on any atom is -0.485 e. The van der Waals surface area contributed by atoms with Gasteiger partial charge in [0.05, 0.1) is 24.0 Å². The average Bonchev–Trinajstić information content (AvgIpc) is 3.61. The maximum Gasteiger partial charge on any atom is 0.232 e. The van der Waals surface area contributed by atoms with E-state index in [0.717, 1.165) is 35.3 Å². The minimum atomic E-state index is -0.774. The number of guanidine groups is 1. The van der Waals surface area contributed by atoms with E-state index in [0.29, 0.717) is 12.0 Å². The second-order valence-corrected chi connectivity index (χ2v) is 12.5. The van der Waals surface area contributed by atoms with Crippen LogP contribution in [0.3, 0.4) is 0 Å². The van der Waals surface area contributed by atoms with E-state index in [1.54, 1.807) is 4.90 Å². The van der Waals surface area contributed by atoms with Gasteiger partial charge in [0, 0.05) is 23.1 Å². The summed E-state index contributed by atoms with van der Waals surface area (Å²) in [5, 5.41) is 14.6. The van der Waals surface area contributed by atoms with Crippen LogP contribution >= 0.6 is 0 Å². The second kappa shape index (κ2) is 8.89. The van der Waals surface area contributed by atoms with Gasteiger partial charge < -0.3 is 20.9 Å². The molecule has 1 aliphatic carbocycles. The molecular formula is C31H38N4O4. The Bertz CT molecular complexity index is 1390. The number of amides is 1. The van der Waals surface area contributed by atoms with E-state index < -0.39 is 23.3 Å². The molecule has 4 N–H and O–H groups in total. The van der Waals surface area contributed by atoms with Crippen LogP contribution in [0.2, 0.25) is 0 Å². The number of aliphatic hydroxyl groups excluding tert-OH is 1. The number of para-hydroxylation sites is 1. The smallest absolute Gasteiger partial charge is 0.232 e. The van der Waals surface area contributed by atoms with Crippen molar-refractivity contribution in [3.63, 3.8) is 0 Å². The Labute approximate surface area is 229 Å². The number of carbonyl (C=O) groups is 2. The summed E-state index contributed by atoms with van der Waals surface area (Å²) in [6, 6.07) is 12.7. The topological polar surface area (TPSA) is 127 Å². The number of nitrogens with one attached hydrogen (secondary N) is 1. The maximum absolute atomic E-state index is 13.8. The van der Waals surface area contributed by atoms with Crippen LogP contribution in [0.1, 0.15) is 98.8 Å². The van der Waals surface area contributed by atoms with Gasteiger partial charge in [0.25, 0.3) is 0 Å². The average molecular weight is 531 g/mol. The van der Waals surface area contributed by atoms with Crippen molar-refractivity contribution in [1.82, 2.24) is 10.2 Å². The third-order valence-corrected chi connectivity index (χ3v) is 9.34. The molecule has 3 heterocycles. The number of ketones is 1. The molecule has 0 aromatic heterocycles. The molecule has 0 radical (unpaired) electrons. The van der Waals surface area contributed by atoms with Gasteiger partial charge in [-0.1, -0.05) is 44.2 Å². The minimum absolute atomic E-state index is 0.0137. The van der Waals surface area contributed by atoms with Gasteiger partial charge >= 0.3 is 0 Å². The summed E-state index contributed by atoms with van der Waals surface area (Å²) in [6.45, 7) is 9.87. The molecule has 206 valence electrons. The molecule has 39 heavy (non-hydrogen) atoms.